The van der Waals surface area contributed by atoms with Crippen molar-refractivity contribution in [3.8, 4) is 0 Å². The van der Waals surface area contributed by atoms with Crippen molar-refractivity contribution in [3.05, 3.63) is 0 Å². The molecule has 80 valence electrons. The zero-order valence-electron chi connectivity index (χ0n) is 9.00. The summed E-state index contributed by atoms with van der Waals surface area (Å²) in [6.45, 7) is 4.96. The van der Waals surface area contributed by atoms with Crippen LogP contribution in [0.5, 0.6) is 0 Å². The molecule has 4 heteroatoms. The van der Waals surface area contributed by atoms with Crippen LogP contribution in [0.25, 0.3) is 0 Å². The summed E-state index contributed by atoms with van der Waals surface area (Å²) in [7, 11) is 1.39. The second-order valence-corrected chi connectivity index (χ2v) is 4.08. The fourth-order valence-corrected chi connectivity index (χ4v) is 1.69. The van der Waals surface area contributed by atoms with Crippen LogP contribution in [0.15, 0.2) is 0 Å². The van der Waals surface area contributed by atoms with Crippen LogP contribution in [0.2, 0.25) is 0 Å². The molecule has 0 saturated carbocycles. The molecule has 0 radical (unpaired) electrons. The van der Waals surface area contributed by atoms with Gasteiger partial charge in [-0.1, -0.05) is 0 Å². The third kappa shape index (κ3) is 2.12. The first-order valence-electron chi connectivity index (χ1n) is 4.83. The Hall–Kier alpha value is -0.900. The SMILES string of the molecule is COC(=O)C(C)(C)N1CCC(=O)CC1. The van der Waals surface area contributed by atoms with Gasteiger partial charge in [0, 0.05) is 25.9 Å². The predicted molar refractivity (Wildman–Crippen MR) is 51.9 cm³/mol. The zero-order chi connectivity index (χ0) is 10.8. The third-order valence-corrected chi connectivity index (χ3v) is 2.80. The number of esters is 1. The van der Waals surface area contributed by atoms with Crippen LogP contribution in [0.3, 0.4) is 0 Å². The molecule has 1 aliphatic heterocycles. The van der Waals surface area contributed by atoms with E-state index in [2.05, 4.69) is 0 Å². The van der Waals surface area contributed by atoms with Crippen LogP contribution < -0.4 is 0 Å². The van der Waals surface area contributed by atoms with E-state index in [1.165, 1.54) is 7.11 Å². The Morgan fingerprint density at radius 1 is 1.36 bits per heavy atom. The van der Waals surface area contributed by atoms with E-state index in [0.717, 1.165) is 0 Å². The topological polar surface area (TPSA) is 46.6 Å². The lowest BCUT2D eigenvalue weighted by Crippen LogP contribution is -2.53. The number of carbonyl (C=O) groups is 2. The number of methoxy groups -OCH3 is 1. The quantitative estimate of drug-likeness (QED) is 0.611. The molecule has 0 amide bonds. The lowest BCUT2D eigenvalue weighted by Gasteiger charge is -2.37. The van der Waals surface area contributed by atoms with Gasteiger partial charge in [0.15, 0.2) is 0 Å². The minimum absolute atomic E-state index is 0.244. The van der Waals surface area contributed by atoms with E-state index in [1.807, 2.05) is 18.7 Å². The van der Waals surface area contributed by atoms with Crippen molar-refractivity contribution >= 4 is 11.8 Å². The van der Waals surface area contributed by atoms with Gasteiger partial charge in [-0.2, -0.15) is 0 Å². The summed E-state index contributed by atoms with van der Waals surface area (Å²) in [5, 5.41) is 0. The normalized spacial score (nSPS) is 19.5. The molecule has 1 saturated heterocycles. The molecule has 0 atom stereocenters. The van der Waals surface area contributed by atoms with Crippen LogP contribution in [-0.4, -0.2) is 42.4 Å². The Labute approximate surface area is 84.2 Å². The summed E-state index contributed by atoms with van der Waals surface area (Å²) in [6.07, 6.45) is 1.08. The number of hydrogen-bond acceptors (Lipinski definition) is 4. The van der Waals surface area contributed by atoms with Crippen LogP contribution in [0, 0.1) is 0 Å². The Morgan fingerprint density at radius 3 is 2.29 bits per heavy atom. The fourth-order valence-electron chi connectivity index (χ4n) is 1.69. The number of ether oxygens (including phenoxy) is 1. The molecule has 14 heavy (non-hydrogen) atoms. The largest absolute Gasteiger partial charge is 0.468 e. The monoisotopic (exact) mass is 199 g/mol. The Kier molecular flexibility index (Phi) is 3.26. The van der Waals surface area contributed by atoms with E-state index in [1.54, 1.807) is 0 Å². The van der Waals surface area contributed by atoms with Gasteiger partial charge in [-0.05, 0) is 13.8 Å². The number of Topliss-reactive ketones (excluding diaryl/α,β-unsaturated/α-hetero) is 1. The number of nitrogens with zero attached hydrogens (tertiary/aromatic N) is 1. The average Bonchev–Trinajstić information content (AvgIpc) is 2.17. The van der Waals surface area contributed by atoms with Crippen molar-refractivity contribution in [2.24, 2.45) is 0 Å². The molecule has 1 fully saturated rings. The highest BCUT2D eigenvalue weighted by Crippen LogP contribution is 2.20. The molecular formula is C10H17NO3. The number of rotatable bonds is 2. The highest BCUT2D eigenvalue weighted by Gasteiger charge is 2.37. The number of piperidine rings is 1. The van der Waals surface area contributed by atoms with Crippen molar-refractivity contribution in [2.75, 3.05) is 20.2 Å². The molecule has 4 nitrogen and oxygen atoms in total. The molecule has 1 heterocycles. The first-order valence-corrected chi connectivity index (χ1v) is 4.83. The minimum atomic E-state index is -0.616. The molecule has 0 unspecified atom stereocenters. The van der Waals surface area contributed by atoms with Gasteiger partial charge in [-0.25, -0.2) is 0 Å². The Morgan fingerprint density at radius 2 is 1.86 bits per heavy atom. The second kappa shape index (κ2) is 4.09. The van der Waals surface area contributed by atoms with E-state index in [9.17, 15) is 9.59 Å². The molecule has 1 rings (SSSR count). The van der Waals surface area contributed by atoms with Gasteiger partial charge in [-0.3, -0.25) is 14.5 Å². The van der Waals surface area contributed by atoms with Gasteiger partial charge < -0.3 is 4.74 Å². The van der Waals surface area contributed by atoms with Crippen LogP contribution in [-0.2, 0) is 14.3 Å². The lowest BCUT2D eigenvalue weighted by atomic mass is 9.98. The highest BCUT2D eigenvalue weighted by atomic mass is 16.5. The van der Waals surface area contributed by atoms with Gasteiger partial charge in [0.05, 0.1) is 7.11 Å². The molecule has 1 aliphatic rings. The van der Waals surface area contributed by atoms with E-state index >= 15 is 0 Å². The van der Waals surface area contributed by atoms with Crippen molar-refractivity contribution in [1.29, 1.82) is 0 Å². The Balaban J connectivity index is 2.63. The van der Waals surface area contributed by atoms with E-state index in [4.69, 9.17) is 4.74 Å². The van der Waals surface area contributed by atoms with Crippen molar-refractivity contribution in [2.45, 2.75) is 32.2 Å². The average molecular weight is 199 g/mol. The molecule has 0 spiro atoms. The predicted octanol–water partition coefficient (Wildman–Crippen LogP) is 0.603. The summed E-state index contributed by atoms with van der Waals surface area (Å²) >= 11 is 0. The molecule has 0 aromatic heterocycles. The maximum Gasteiger partial charge on any atom is 0.325 e. The first kappa shape index (κ1) is 11.2. The van der Waals surface area contributed by atoms with Crippen molar-refractivity contribution < 1.29 is 14.3 Å². The number of ketones is 1. The minimum Gasteiger partial charge on any atom is -0.468 e. The van der Waals surface area contributed by atoms with Gasteiger partial charge in [0.2, 0.25) is 0 Å². The van der Waals surface area contributed by atoms with Crippen molar-refractivity contribution in [3.63, 3.8) is 0 Å². The fraction of sp³-hybridized carbons (Fsp3) is 0.800. The van der Waals surface area contributed by atoms with Gasteiger partial charge in [0.25, 0.3) is 0 Å². The molecule has 0 aromatic carbocycles. The van der Waals surface area contributed by atoms with Gasteiger partial charge in [-0.15, -0.1) is 0 Å². The molecule has 0 aromatic rings. The number of carbonyl (C=O) groups excluding carboxylic acids is 2. The van der Waals surface area contributed by atoms with Crippen LogP contribution in [0.4, 0.5) is 0 Å². The highest BCUT2D eigenvalue weighted by molar-refractivity contribution is 5.82. The number of likely N-dealkylation sites (tertiary alicyclic amines) is 1. The lowest BCUT2D eigenvalue weighted by molar-refractivity contribution is -0.154. The maximum atomic E-state index is 11.5. The summed E-state index contributed by atoms with van der Waals surface area (Å²) in [5.41, 5.74) is -0.616. The number of hydrogen-bond donors (Lipinski definition) is 0. The second-order valence-electron chi connectivity index (χ2n) is 4.08. The zero-order valence-corrected chi connectivity index (χ0v) is 9.00. The van der Waals surface area contributed by atoms with E-state index in [0.29, 0.717) is 25.9 Å². The van der Waals surface area contributed by atoms with Gasteiger partial charge in [0.1, 0.15) is 11.3 Å². The van der Waals surface area contributed by atoms with E-state index in [-0.39, 0.29) is 11.8 Å². The summed E-state index contributed by atoms with van der Waals surface area (Å²) < 4.78 is 4.73. The van der Waals surface area contributed by atoms with Crippen LogP contribution >= 0.6 is 0 Å². The molecule has 0 N–H and O–H groups in total. The van der Waals surface area contributed by atoms with Gasteiger partial charge >= 0.3 is 5.97 Å². The summed E-state index contributed by atoms with van der Waals surface area (Å²) in [5.74, 6) is 0.0359. The molecular weight excluding hydrogens is 182 g/mol. The first-order chi connectivity index (χ1) is 6.48. The molecule has 0 aliphatic carbocycles. The van der Waals surface area contributed by atoms with Crippen LogP contribution in [0.1, 0.15) is 26.7 Å². The smallest absolute Gasteiger partial charge is 0.325 e. The summed E-state index contributed by atoms with van der Waals surface area (Å²) in [6, 6.07) is 0. The third-order valence-electron chi connectivity index (χ3n) is 2.80. The maximum absolute atomic E-state index is 11.5. The molecule has 0 bridgehead atoms. The summed E-state index contributed by atoms with van der Waals surface area (Å²) in [4.78, 5) is 24.5. The Bertz CT molecular complexity index is 238. The standard InChI is InChI=1S/C10H17NO3/c1-10(2,9(13)14-3)11-6-4-8(12)5-7-11/h4-7H2,1-3H3. The van der Waals surface area contributed by atoms with Crippen molar-refractivity contribution in [1.82, 2.24) is 4.90 Å². The van der Waals surface area contributed by atoms with E-state index < -0.39 is 5.54 Å².